The van der Waals surface area contributed by atoms with Crippen molar-refractivity contribution in [2.24, 2.45) is 5.92 Å². The molecule has 0 amide bonds. The quantitative estimate of drug-likeness (QED) is 0.685. The van der Waals surface area contributed by atoms with Crippen LogP contribution in [0.25, 0.3) is 0 Å². The lowest BCUT2D eigenvalue weighted by Crippen LogP contribution is -2.52. The minimum absolute atomic E-state index is 0.133. The van der Waals surface area contributed by atoms with Gasteiger partial charge in [0, 0.05) is 25.0 Å². The van der Waals surface area contributed by atoms with Gasteiger partial charge in [0.1, 0.15) is 10.8 Å². The zero-order valence-corrected chi connectivity index (χ0v) is 15.8. The first-order chi connectivity index (χ1) is 13.0. The molecule has 6 nitrogen and oxygen atoms in total. The largest absolute Gasteiger partial charge is 0.480 e. The lowest BCUT2D eigenvalue weighted by molar-refractivity contribution is -0.139. The molecule has 144 valence electrons. The zero-order chi connectivity index (χ0) is 18.8. The molecule has 2 aliphatic carbocycles. The van der Waals surface area contributed by atoms with Crippen molar-refractivity contribution in [3.05, 3.63) is 40.7 Å². The van der Waals surface area contributed by atoms with E-state index in [9.17, 15) is 9.18 Å². The number of aliphatic carboxylic acids is 1. The summed E-state index contributed by atoms with van der Waals surface area (Å²) in [4.78, 5) is 13.2. The van der Waals surface area contributed by atoms with Gasteiger partial charge in [0.05, 0.1) is 6.54 Å². The van der Waals surface area contributed by atoms with Gasteiger partial charge in [-0.2, -0.15) is 0 Å². The van der Waals surface area contributed by atoms with E-state index in [1.807, 2.05) is 0 Å². The van der Waals surface area contributed by atoms with Crippen LogP contribution in [0.5, 0.6) is 0 Å². The molecule has 8 heteroatoms. The molecular weight excluding hydrogens is 367 g/mol. The number of halogens is 1. The van der Waals surface area contributed by atoms with Crippen molar-refractivity contribution in [3.8, 4) is 0 Å². The Bertz CT molecular complexity index is 787. The first-order valence-corrected chi connectivity index (χ1v) is 10.2. The summed E-state index contributed by atoms with van der Waals surface area (Å²) in [6.07, 6.45) is 4.97. The predicted octanol–water partition coefficient (Wildman–Crippen LogP) is 3.01. The Hall–Kier alpha value is -2.06. The van der Waals surface area contributed by atoms with Gasteiger partial charge in [0.2, 0.25) is 5.13 Å². The van der Waals surface area contributed by atoms with E-state index in [0.717, 1.165) is 35.1 Å². The predicted molar refractivity (Wildman–Crippen MR) is 101 cm³/mol. The second kappa shape index (κ2) is 7.90. The summed E-state index contributed by atoms with van der Waals surface area (Å²) in [5, 5.41) is 22.6. The van der Waals surface area contributed by atoms with E-state index < -0.39 is 5.97 Å². The molecule has 1 aromatic carbocycles. The number of rotatable bonds is 9. The maximum Gasteiger partial charge on any atom is 0.317 e. The minimum Gasteiger partial charge on any atom is -0.480 e. The van der Waals surface area contributed by atoms with Crippen molar-refractivity contribution in [2.45, 2.75) is 44.2 Å². The number of carboxylic acids is 1. The van der Waals surface area contributed by atoms with Gasteiger partial charge in [-0.3, -0.25) is 9.69 Å². The van der Waals surface area contributed by atoms with Crippen LogP contribution in [-0.2, 0) is 11.2 Å². The molecule has 2 saturated carbocycles. The lowest BCUT2D eigenvalue weighted by atomic mass is 9.85. The lowest BCUT2D eigenvalue weighted by Gasteiger charge is -2.42. The molecule has 2 fully saturated rings. The van der Waals surface area contributed by atoms with E-state index in [4.69, 9.17) is 5.11 Å². The summed E-state index contributed by atoms with van der Waals surface area (Å²) in [5.41, 5.74) is 1.01. The Balaban J connectivity index is 1.26. The van der Waals surface area contributed by atoms with Gasteiger partial charge in [-0.05, 0) is 49.3 Å². The molecule has 0 aliphatic heterocycles. The van der Waals surface area contributed by atoms with Crippen LogP contribution in [0.4, 0.5) is 9.52 Å². The van der Waals surface area contributed by atoms with E-state index in [1.54, 1.807) is 12.1 Å². The highest BCUT2D eigenvalue weighted by Crippen LogP contribution is 2.35. The maximum absolute atomic E-state index is 13.0. The third-order valence-electron chi connectivity index (χ3n) is 5.22. The Morgan fingerprint density at radius 2 is 2.00 bits per heavy atom. The Labute approximate surface area is 161 Å². The molecule has 2 aliphatic rings. The fourth-order valence-electron chi connectivity index (χ4n) is 3.49. The normalized spacial score (nSPS) is 21.9. The summed E-state index contributed by atoms with van der Waals surface area (Å²) in [5.74, 6) is -0.299. The van der Waals surface area contributed by atoms with Crippen LogP contribution in [0.1, 0.15) is 36.3 Å². The van der Waals surface area contributed by atoms with Crippen molar-refractivity contribution >= 4 is 22.4 Å². The number of carboxylic acid groups (broad SMARTS) is 1. The summed E-state index contributed by atoms with van der Waals surface area (Å²) < 4.78 is 13.0. The Morgan fingerprint density at radius 1 is 1.26 bits per heavy atom. The highest BCUT2D eigenvalue weighted by molar-refractivity contribution is 7.15. The van der Waals surface area contributed by atoms with Crippen LogP contribution < -0.4 is 5.32 Å². The topological polar surface area (TPSA) is 78.4 Å². The summed E-state index contributed by atoms with van der Waals surface area (Å²) >= 11 is 1.52. The van der Waals surface area contributed by atoms with Crippen molar-refractivity contribution in [3.63, 3.8) is 0 Å². The molecule has 1 aromatic heterocycles. The summed E-state index contributed by atoms with van der Waals surface area (Å²) in [7, 11) is 0. The first-order valence-electron chi connectivity index (χ1n) is 9.34. The Morgan fingerprint density at radius 3 is 2.67 bits per heavy atom. The molecule has 4 rings (SSSR count). The smallest absolute Gasteiger partial charge is 0.317 e. The maximum atomic E-state index is 13.0. The monoisotopic (exact) mass is 390 g/mol. The van der Waals surface area contributed by atoms with Crippen LogP contribution in [0, 0.1) is 11.7 Å². The second-order valence-electron chi connectivity index (χ2n) is 7.54. The number of benzene rings is 1. The second-order valence-corrected chi connectivity index (χ2v) is 8.60. The molecule has 0 saturated heterocycles. The Kier molecular flexibility index (Phi) is 5.36. The molecule has 2 N–H and O–H groups in total. The van der Waals surface area contributed by atoms with Gasteiger partial charge >= 0.3 is 5.97 Å². The van der Waals surface area contributed by atoms with Gasteiger partial charge in [-0.1, -0.05) is 23.5 Å². The number of anilines is 1. The summed E-state index contributed by atoms with van der Waals surface area (Å²) in [6.45, 7) is 1.04. The van der Waals surface area contributed by atoms with E-state index >= 15 is 0 Å². The minimum atomic E-state index is -0.749. The van der Waals surface area contributed by atoms with Crippen molar-refractivity contribution in [1.29, 1.82) is 0 Å². The van der Waals surface area contributed by atoms with E-state index in [1.165, 1.54) is 36.3 Å². The van der Waals surface area contributed by atoms with Crippen LogP contribution in [0.2, 0.25) is 0 Å². The summed E-state index contributed by atoms with van der Waals surface area (Å²) in [6, 6.07) is 7.08. The molecule has 1 heterocycles. The molecule has 0 atom stereocenters. The van der Waals surface area contributed by atoms with Gasteiger partial charge in [-0.25, -0.2) is 4.39 Å². The average Bonchev–Trinajstić information content (AvgIpc) is 3.29. The van der Waals surface area contributed by atoms with Gasteiger partial charge in [0.15, 0.2) is 0 Å². The molecule has 0 bridgehead atoms. The average molecular weight is 390 g/mol. The SMILES string of the molecule is O=C(O)CN(CC1CC1)C1CC(Nc2nnc(Cc3ccc(F)cc3)s2)C1. The van der Waals surface area contributed by atoms with E-state index in [2.05, 4.69) is 20.4 Å². The molecule has 0 spiro atoms. The van der Waals surface area contributed by atoms with Gasteiger partial charge in [-0.15, -0.1) is 10.2 Å². The van der Waals surface area contributed by atoms with E-state index in [0.29, 0.717) is 24.4 Å². The number of nitrogens with zero attached hydrogens (tertiary/aromatic N) is 3. The third kappa shape index (κ3) is 5.01. The first kappa shape index (κ1) is 18.3. The number of carbonyl (C=O) groups is 1. The fraction of sp³-hybridized carbons (Fsp3) is 0.526. The van der Waals surface area contributed by atoms with Crippen LogP contribution in [0.3, 0.4) is 0 Å². The molecule has 0 radical (unpaired) electrons. The number of hydrogen-bond acceptors (Lipinski definition) is 6. The molecule has 2 aromatic rings. The fourth-order valence-corrected chi connectivity index (χ4v) is 4.34. The number of aromatic nitrogens is 2. The molecular formula is C19H23FN4O2S. The van der Waals surface area contributed by atoms with E-state index in [-0.39, 0.29) is 12.4 Å². The van der Waals surface area contributed by atoms with Crippen molar-refractivity contribution < 1.29 is 14.3 Å². The molecule has 0 unspecified atom stereocenters. The molecule has 27 heavy (non-hydrogen) atoms. The van der Waals surface area contributed by atoms with Gasteiger partial charge in [0.25, 0.3) is 0 Å². The zero-order valence-electron chi connectivity index (χ0n) is 15.0. The highest BCUT2D eigenvalue weighted by atomic mass is 32.1. The van der Waals surface area contributed by atoms with Crippen LogP contribution in [-0.4, -0.2) is 51.3 Å². The number of hydrogen-bond donors (Lipinski definition) is 2. The number of nitrogens with one attached hydrogen (secondary N) is 1. The van der Waals surface area contributed by atoms with Crippen LogP contribution in [0.15, 0.2) is 24.3 Å². The third-order valence-corrected chi connectivity index (χ3v) is 6.08. The highest BCUT2D eigenvalue weighted by Gasteiger charge is 2.37. The van der Waals surface area contributed by atoms with Crippen molar-refractivity contribution in [1.82, 2.24) is 15.1 Å². The van der Waals surface area contributed by atoms with Crippen LogP contribution >= 0.6 is 11.3 Å². The van der Waals surface area contributed by atoms with Gasteiger partial charge < -0.3 is 10.4 Å². The van der Waals surface area contributed by atoms with Crippen molar-refractivity contribution in [2.75, 3.05) is 18.4 Å². The standard InChI is InChI=1S/C19H23FN4O2S/c20-14-5-3-12(4-6-14)7-17-22-23-19(27-17)21-15-8-16(9-15)24(11-18(25)26)10-13-1-2-13/h3-6,13,15-16H,1-2,7-11H2,(H,21,23)(H,25,26).